The first kappa shape index (κ1) is 24.4. The first-order valence-electron chi connectivity index (χ1n) is 10.9. The number of hydroxylamine groups is 1. The van der Waals surface area contributed by atoms with Crippen molar-refractivity contribution < 1.29 is 10.3 Å². The fourth-order valence-corrected chi connectivity index (χ4v) is 3.11. The molecule has 0 saturated heterocycles. The molecule has 0 spiro atoms. The molecule has 0 radical (unpaired) electrons. The Hall–Kier alpha value is -0.610. The number of nitrogens with two attached hydrogens (primary N) is 1. The zero-order valence-corrected chi connectivity index (χ0v) is 17.0. The SMILES string of the molecule is CC(C)CCCCCCCCCCCCCCC(=O)NCCC[NH2+][O-]. The molecule has 25 heavy (non-hydrogen) atoms. The summed E-state index contributed by atoms with van der Waals surface area (Å²) in [7, 11) is 0. The van der Waals surface area contributed by atoms with Gasteiger partial charge in [0.15, 0.2) is 0 Å². The number of amides is 1. The molecule has 0 fully saturated rings. The molecular formula is C21H44N2O2. The number of rotatable bonds is 19. The van der Waals surface area contributed by atoms with Crippen LogP contribution in [0.1, 0.15) is 110 Å². The van der Waals surface area contributed by atoms with Crippen LogP contribution in [-0.2, 0) is 4.79 Å². The molecule has 4 heteroatoms. The van der Waals surface area contributed by atoms with Crippen LogP contribution in [-0.4, -0.2) is 19.0 Å². The lowest BCUT2D eigenvalue weighted by atomic mass is 10.0. The van der Waals surface area contributed by atoms with Gasteiger partial charge in [-0.25, -0.2) is 0 Å². The zero-order valence-electron chi connectivity index (χ0n) is 17.0. The van der Waals surface area contributed by atoms with Crippen LogP contribution < -0.4 is 10.8 Å². The van der Waals surface area contributed by atoms with E-state index >= 15 is 0 Å². The van der Waals surface area contributed by atoms with Gasteiger partial charge in [-0.2, -0.15) is 0 Å². The van der Waals surface area contributed by atoms with Crippen LogP contribution in [0.2, 0.25) is 0 Å². The number of unbranched alkanes of at least 4 members (excludes halogenated alkanes) is 11. The Labute approximate surface area is 156 Å². The summed E-state index contributed by atoms with van der Waals surface area (Å²) in [6.45, 7) is 5.80. The van der Waals surface area contributed by atoms with Crippen molar-refractivity contribution in [1.82, 2.24) is 5.32 Å². The number of quaternary nitrogens is 1. The molecule has 0 atom stereocenters. The quantitative estimate of drug-likeness (QED) is 0.261. The fourth-order valence-electron chi connectivity index (χ4n) is 3.11. The molecule has 0 aliphatic rings. The smallest absolute Gasteiger partial charge is 0.219 e. The van der Waals surface area contributed by atoms with Gasteiger partial charge in [-0.3, -0.25) is 4.79 Å². The third-order valence-electron chi connectivity index (χ3n) is 4.76. The maximum atomic E-state index is 11.5. The largest absolute Gasteiger partial charge is 0.636 e. The van der Waals surface area contributed by atoms with Gasteiger partial charge < -0.3 is 16.0 Å². The summed E-state index contributed by atoms with van der Waals surface area (Å²) in [4.78, 5) is 11.5. The van der Waals surface area contributed by atoms with E-state index in [0.717, 1.165) is 30.7 Å². The van der Waals surface area contributed by atoms with Crippen LogP contribution in [0, 0.1) is 11.1 Å². The summed E-state index contributed by atoms with van der Waals surface area (Å²) in [6, 6.07) is 0. The van der Waals surface area contributed by atoms with Gasteiger partial charge in [-0.1, -0.05) is 90.9 Å². The minimum atomic E-state index is 0.138. The maximum absolute atomic E-state index is 11.5. The Balaban J connectivity index is 3.10. The lowest BCUT2D eigenvalue weighted by Crippen LogP contribution is -2.77. The van der Waals surface area contributed by atoms with Crippen molar-refractivity contribution in [3.05, 3.63) is 5.21 Å². The monoisotopic (exact) mass is 356 g/mol. The Kier molecular flexibility index (Phi) is 19.2. The highest BCUT2D eigenvalue weighted by Gasteiger charge is 2.00. The third kappa shape index (κ3) is 21.3. The molecule has 0 unspecified atom stereocenters. The summed E-state index contributed by atoms with van der Waals surface area (Å²) < 4.78 is 0. The molecule has 0 aromatic carbocycles. The summed E-state index contributed by atoms with van der Waals surface area (Å²) in [5.41, 5.74) is 0.903. The van der Waals surface area contributed by atoms with Crippen molar-refractivity contribution in [3.63, 3.8) is 0 Å². The molecule has 0 aliphatic carbocycles. The Morgan fingerprint density at radius 2 is 1.28 bits per heavy atom. The van der Waals surface area contributed by atoms with Gasteiger partial charge >= 0.3 is 0 Å². The Morgan fingerprint density at radius 1 is 0.800 bits per heavy atom. The first-order valence-corrected chi connectivity index (χ1v) is 10.9. The zero-order chi connectivity index (χ0) is 18.6. The molecule has 0 aromatic rings. The van der Waals surface area contributed by atoms with Crippen molar-refractivity contribution in [2.24, 2.45) is 5.92 Å². The molecule has 3 N–H and O–H groups in total. The van der Waals surface area contributed by atoms with Gasteiger partial charge in [0.25, 0.3) is 0 Å². The Bertz CT molecular complexity index is 283. The van der Waals surface area contributed by atoms with Crippen LogP contribution >= 0.6 is 0 Å². The molecule has 0 aromatic heterocycles. The predicted octanol–water partition coefficient (Wildman–Crippen LogP) is 4.67. The first-order chi connectivity index (χ1) is 12.2. The highest BCUT2D eigenvalue weighted by atomic mass is 16.5. The molecule has 150 valence electrons. The van der Waals surface area contributed by atoms with Gasteiger partial charge in [0.05, 0.1) is 6.54 Å². The van der Waals surface area contributed by atoms with Crippen molar-refractivity contribution in [3.8, 4) is 0 Å². The molecular weight excluding hydrogens is 312 g/mol. The van der Waals surface area contributed by atoms with E-state index in [1.165, 1.54) is 70.6 Å². The number of nitrogens with one attached hydrogen (secondary N) is 1. The van der Waals surface area contributed by atoms with Crippen molar-refractivity contribution in [2.75, 3.05) is 13.1 Å². The van der Waals surface area contributed by atoms with E-state index in [-0.39, 0.29) is 5.91 Å². The summed E-state index contributed by atoms with van der Waals surface area (Å²) >= 11 is 0. The highest BCUT2D eigenvalue weighted by Crippen LogP contribution is 2.14. The maximum Gasteiger partial charge on any atom is 0.219 e. The van der Waals surface area contributed by atoms with Gasteiger partial charge in [-0.15, -0.1) is 0 Å². The van der Waals surface area contributed by atoms with Crippen LogP contribution in [0.3, 0.4) is 0 Å². The van der Waals surface area contributed by atoms with Crippen molar-refractivity contribution in [2.45, 2.75) is 110 Å². The highest BCUT2D eigenvalue weighted by molar-refractivity contribution is 5.75. The van der Waals surface area contributed by atoms with Crippen LogP contribution in [0.4, 0.5) is 0 Å². The molecule has 0 rings (SSSR count). The second-order valence-corrected chi connectivity index (χ2v) is 7.83. The molecule has 4 nitrogen and oxygen atoms in total. The van der Waals surface area contributed by atoms with E-state index in [1.807, 2.05) is 0 Å². The third-order valence-corrected chi connectivity index (χ3v) is 4.76. The molecule has 1 amide bonds. The molecule has 0 bridgehead atoms. The average molecular weight is 357 g/mol. The molecule has 0 saturated carbocycles. The van der Waals surface area contributed by atoms with E-state index in [4.69, 9.17) is 0 Å². The van der Waals surface area contributed by atoms with E-state index in [2.05, 4.69) is 19.2 Å². The second kappa shape index (κ2) is 19.7. The van der Waals surface area contributed by atoms with Crippen molar-refractivity contribution >= 4 is 5.91 Å². The van der Waals surface area contributed by atoms with E-state index in [0.29, 0.717) is 19.5 Å². The number of carbonyl (C=O) groups excluding carboxylic acids is 1. The second-order valence-electron chi connectivity index (χ2n) is 7.83. The average Bonchev–Trinajstić information content (AvgIpc) is 2.58. The minimum Gasteiger partial charge on any atom is -0.636 e. The summed E-state index contributed by atoms with van der Waals surface area (Å²) in [5.74, 6) is 1.00. The lowest BCUT2D eigenvalue weighted by molar-refractivity contribution is -0.588. The predicted molar refractivity (Wildman–Crippen MR) is 107 cm³/mol. The van der Waals surface area contributed by atoms with Gasteiger partial charge in [0, 0.05) is 19.4 Å². The number of hydrogen-bond donors (Lipinski definition) is 2. The molecule has 0 aliphatic heterocycles. The van der Waals surface area contributed by atoms with Crippen LogP contribution in [0.15, 0.2) is 0 Å². The standard InChI is InChI=1S/C21H44N2O2/c1-20(2)16-13-11-9-7-5-3-4-6-8-10-12-14-17-21(24)22-18-15-19-23-25/h20H,3-19,23H2,1-2H3,(H,22,24). The van der Waals surface area contributed by atoms with Crippen LogP contribution in [0.25, 0.3) is 0 Å². The number of hydrogen-bond acceptors (Lipinski definition) is 2. The van der Waals surface area contributed by atoms with Gasteiger partial charge in [0.2, 0.25) is 5.91 Å². The lowest BCUT2D eigenvalue weighted by Gasteiger charge is -2.06. The molecule has 0 heterocycles. The van der Waals surface area contributed by atoms with E-state index in [1.54, 1.807) is 0 Å². The van der Waals surface area contributed by atoms with E-state index < -0.39 is 0 Å². The van der Waals surface area contributed by atoms with Gasteiger partial charge in [0.1, 0.15) is 0 Å². The van der Waals surface area contributed by atoms with Crippen molar-refractivity contribution in [1.29, 1.82) is 0 Å². The number of carbonyl (C=O) groups is 1. The van der Waals surface area contributed by atoms with E-state index in [9.17, 15) is 10.0 Å². The summed E-state index contributed by atoms with van der Waals surface area (Å²) in [6.07, 6.45) is 18.7. The van der Waals surface area contributed by atoms with Gasteiger partial charge in [-0.05, 0) is 12.3 Å². The normalized spacial score (nSPS) is 11.2. The fraction of sp³-hybridized carbons (Fsp3) is 0.952. The topological polar surface area (TPSA) is 68.8 Å². The minimum absolute atomic E-state index is 0.138. The van der Waals surface area contributed by atoms with Crippen LogP contribution in [0.5, 0.6) is 0 Å². The summed E-state index contributed by atoms with van der Waals surface area (Å²) in [5, 5.41) is 13.0. The Morgan fingerprint density at radius 3 is 1.76 bits per heavy atom.